The van der Waals surface area contributed by atoms with Gasteiger partial charge >= 0.3 is 0 Å². The number of nitrogens with two attached hydrogens (primary N) is 1. The van der Waals surface area contributed by atoms with E-state index in [9.17, 15) is 9.59 Å². The number of nitrogens with zero attached hydrogens (tertiary/aromatic N) is 2. The van der Waals surface area contributed by atoms with Crippen LogP contribution in [0.3, 0.4) is 0 Å². The molecule has 0 unspecified atom stereocenters. The van der Waals surface area contributed by atoms with Gasteiger partial charge in [0.25, 0.3) is 5.91 Å². The first-order chi connectivity index (χ1) is 12.2. The molecule has 1 aliphatic heterocycles. The van der Waals surface area contributed by atoms with Gasteiger partial charge in [0.15, 0.2) is 17.2 Å². The highest BCUT2D eigenvalue weighted by Gasteiger charge is 2.42. The number of halogens is 1. The fourth-order valence-electron chi connectivity index (χ4n) is 2.67. The minimum absolute atomic E-state index is 0.221. The molecule has 1 aliphatic rings. The molecule has 2 heterocycles. The van der Waals surface area contributed by atoms with Gasteiger partial charge in [0.2, 0.25) is 5.91 Å². The lowest BCUT2D eigenvalue weighted by Gasteiger charge is -2.37. The van der Waals surface area contributed by atoms with Crippen LogP contribution in [-0.2, 0) is 9.59 Å². The van der Waals surface area contributed by atoms with E-state index in [0.29, 0.717) is 16.5 Å². The number of anilines is 3. The summed E-state index contributed by atoms with van der Waals surface area (Å²) in [5, 5.41) is 3.28. The number of carbonyl (C=O) groups is 2. The Hall–Kier alpha value is -2.80. The number of pyridine rings is 1. The molecule has 0 bridgehead atoms. The zero-order valence-electron chi connectivity index (χ0n) is 14.7. The van der Waals surface area contributed by atoms with E-state index in [0.717, 1.165) is 5.56 Å². The minimum Gasteiger partial charge on any atom is -0.474 e. The third kappa shape index (κ3) is 3.43. The molecule has 26 heavy (non-hydrogen) atoms. The summed E-state index contributed by atoms with van der Waals surface area (Å²) in [5.41, 5.74) is 6.06. The fourth-order valence-corrected chi connectivity index (χ4v) is 2.84. The van der Waals surface area contributed by atoms with E-state index >= 15 is 0 Å². The molecule has 3 N–H and O–H groups in total. The van der Waals surface area contributed by atoms with Crippen LogP contribution in [0.25, 0.3) is 0 Å². The van der Waals surface area contributed by atoms with Crippen molar-refractivity contribution in [1.82, 2.24) is 4.98 Å². The molecule has 7 nitrogen and oxygen atoms in total. The van der Waals surface area contributed by atoms with Crippen LogP contribution < -0.4 is 20.7 Å². The van der Waals surface area contributed by atoms with Crippen LogP contribution in [0.5, 0.6) is 5.75 Å². The summed E-state index contributed by atoms with van der Waals surface area (Å²) in [6.45, 7) is 4.91. The fraction of sp³-hybridized carbons (Fsp3) is 0.278. The monoisotopic (exact) mass is 374 g/mol. The van der Waals surface area contributed by atoms with Crippen molar-refractivity contribution in [2.75, 3.05) is 22.5 Å². The minimum atomic E-state index is -1.11. The number of aryl methyl sites for hydroxylation is 1. The highest BCUT2D eigenvalue weighted by molar-refractivity contribution is 6.31. The van der Waals surface area contributed by atoms with Crippen LogP contribution in [0.1, 0.15) is 19.4 Å². The Morgan fingerprint density at radius 1 is 1.35 bits per heavy atom. The van der Waals surface area contributed by atoms with Crippen molar-refractivity contribution in [2.45, 2.75) is 26.4 Å². The van der Waals surface area contributed by atoms with Crippen LogP contribution in [0.2, 0.25) is 5.02 Å². The smallest absolute Gasteiger partial charge is 0.272 e. The second-order valence-corrected chi connectivity index (χ2v) is 7.01. The van der Waals surface area contributed by atoms with Crippen LogP contribution in [0.15, 0.2) is 30.3 Å². The topological polar surface area (TPSA) is 97.5 Å². The Labute approximate surface area is 156 Å². The number of benzene rings is 1. The molecular formula is C18H19ClN4O3. The quantitative estimate of drug-likeness (QED) is 0.860. The summed E-state index contributed by atoms with van der Waals surface area (Å²) in [4.78, 5) is 30.7. The van der Waals surface area contributed by atoms with Gasteiger partial charge < -0.3 is 15.8 Å². The predicted molar refractivity (Wildman–Crippen MR) is 101 cm³/mol. The maximum atomic E-state index is 12.7. The van der Waals surface area contributed by atoms with Crippen molar-refractivity contribution in [1.29, 1.82) is 0 Å². The van der Waals surface area contributed by atoms with Crippen molar-refractivity contribution in [3.63, 3.8) is 0 Å². The first kappa shape index (κ1) is 18.0. The van der Waals surface area contributed by atoms with Gasteiger partial charge in [-0.1, -0.05) is 17.7 Å². The van der Waals surface area contributed by atoms with Gasteiger partial charge in [0.1, 0.15) is 12.4 Å². The molecule has 0 saturated carbocycles. The first-order valence-electron chi connectivity index (χ1n) is 8.01. The summed E-state index contributed by atoms with van der Waals surface area (Å²) >= 11 is 5.98. The molecule has 1 aromatic heterocycles. The molecule has 0 fully saturated rings. The molecule has 2 amide bonds. The van der Waals surface area contributed by atoms with E-state index in [4.69, 9.17) is 22.1 Å². The number of rotatable bonds is 3. The molecule has 2 aromatic rings. The van der Waals surface area contributed by atoms with Crippen molar-refractivity contribution < 1.29 is 14.3 Å². The summed E-state index contributed by atoms with van der Waals surface area (Å²) in [7, 11) is 0. The molecule has 1 aromatic carbocycles. The Morgan fingerprint density at radius 2 is 2.08 bits per heavy atom. The maximum absolute atomic E-state index is 12.7. The number of aromatic nitrogens is 1. The predicted octanol–water partition coefficient (Wildman–Crippen LogP) is 2.77. The number of nitrogens with one attached hydrogen (secondary N) is 1. The summed E-state index contributed by atoms with van der Waals surface area (Å²) < 4.78 is 5.69. The molecule has 8 heteroatoms. The molecule has 0 spiro atoms. The molecular weight excluding hydrogens is 356 g/mol. The molecule has 0 atom stereocenters. The van der Waals surface area contributed by atoms with Gasteiger partial charge in [-0.05, 0) is 50.6 Å². The largest absolute Gasteiger partial charge is 0.474 e. The van der Waals surface area contributed by atoms with E-state index in [-0.39, 0.29) is 30.0 Å². The molecule has 0 radical (unpaired) electrons. The van der Waals surface area contributed by atoms with Crippen LogP contribution in [0, 0.1) is 6.92 Å². The standard InChI is InChI=1S/C18H19ClN4O3/c1-10-4-5-11(19)8-12(10)21-15(24)9-23-16-13(6-7-14(20)22-16)26-18(2,3)17(23)25/h4-8H,9H2,1-3H3,(H2,20,22)(H,21,24). The van der Waals surface area contributed by atoms with Crippen molar-refractivity contribution in [2.24, 2.45) is 0 Å². The Bertz CT molecular complexity index is 898. The van der Waals surface area contributed by atoms with Gasteiger partial charge in [-0.3, -0.25) is 14.5 Å². The molecule has 0 aliphatic carbocycles. The van der Waals surface area contributed by atoms with Crippen molar-refractivity contribution in [3.05, 3.63) is 40.9 Å². The van der Waals surface area contributed by atoms with E-state index in [2.05, 4.69) is 10.3 Å². The van der Waals surface area contributed by atoms with E-state index in [1.54, 1.807) is 44.2 Å². The van der Waals surface area contributed by atoms with Crippen LogP contribution in [0.4, 0.5) is 17.3 Å². The number of amides is 2. The zero-order chi connectivity index (χ0) is 19.1. The summed E-state index contributed by atoms with van der Waals surface area (Å²) in [6, 6.07) is 8.42. The maximum Gasteiger partial charge on any atom is 0.272 e. The normalized spacial score (nSPS) is 15.2. The van der Waals surface area contributed by atoms with Crippen molar-refractivity contribution >= 4 is 40.7 Å². The van der Waals surface area contributed by atoms with Gasteiger partial charge in [-0.2, -0.15) is 0 Å². The molecule has 0 saturated heterocycles. The second kappa shape index (κ2) is 6.49. The Morgan fingerprint density at radius 3 is 2.81 bits per heavy atom. The van der Waals surface area contributed by atoms with E-state index in [1.807, 2.05) is 6.92 Å². The van der Waals surface area contributed by atoms with Crippen LogP contribution in [-0.4, -0.2) is 28.9 Å². The molecule has 136 valence electrons. The lowest BCUT2D eigenvalue weighted by molar-refractivity contribution is -0.133. The van der Waals surface area contributed by atoms with Gasteiger partial charge in [-0.25, -0.2) is 4.98 Å². The average Bonchev–Trinajstić information content (AvgIpc) is 2.56. The third-order valence-electron chi connectivity index (χ3n) is 4.02. The van der Waals surface area contributed by atoms with Crippen molar-refractivity contribution in [3.8, 4) is 5.75 Å². The number of ether oxygens (including phenoxy) is 1. The number of hydrogen-bond donors (Lipinski definition) is 2. The number of fused-ring (bicyclic) bond motifs is 1. The lowest BCUT2D eigenvalue weighted by Crippen LogP contribution is -2.54. The number of carbonyl (C=O) groups excluding carboxylic acids is 2. The van der Waals surface area contributed by atoms with Gasteiger partial charge in [0, 0.05) is 10.7 Å². The second-order valence-electron chi connectivity index (χ2n) is 6.57. The van der Waals surface area contributed by atoms with Crippen LogP contribution >= 0.6 is 11.6 Å². The summed E-state index contributed by atoms with van der Waals surface area (Å²) in [6.07, 6.45) is 0. The third-order valence-corrected chi connectivity index (χ3v) is 4.25. The Kier molecular flexibility index (Phi) is 4.50. The highest BCUT2D eigenvalue weighted by Crippen LogP contribution is 2.36. The SMILES string of the molecule is Cc1ccc(Cl)cc1NC(=O)CN1C(=O)C(C)(C)Oc2ccc(N)nc21. The average molecular weight is 375 g/mol. The van der Waals surface area contributed by atoms with E-state index in [1.165, 1.54) is 4.90 Å². The number of nitrogen functional groups attached to an aromatic ring is 1. The first-order valence-corrected chi connectivity index (χ1v) is 8.39. The van der Waals surface area contributed by atoms with Gasteiger partial charge in [-0.15, -0.1) is 0 Å². The zero-order valence-corrected chi connectivity index (χ0v) is 15.4. The van der Waals surface area contributed by atoms with E-state index < -0.39 is 5.60 Å². The van der Waals surface area contributed by atoms with Gasteiger partial charge in [0.05, 0.1) is 0 Å². The lowest BCUT2D eigenvalue weighted by atomic mass is 10.1. The summed E-state index contributed by atoms with van der Waals surface area (Å²) in [5.74, 6) is 0.108. The number of hydrogen-bond acceptors (Lipinski definition) is 5. The highest BCUT2D eigenvalue weighted by atomic mass is 35.5. The molecule has 3 rings (SSSR count). The Balaban J connectivity index is 1.88.